The molecular weight excluding hydrogens is 361 g/mol. The number of aryl methyl sites for hydroxylation is 1. The number of carbonyl (C=O) groups is 2. The van der Waals surface area contributed by atoms with Crippen molar-refractivity contribution in [3.63, 3.8) is 0 Å². The van der Waals surface area contributed by atoms with Crippen molar-refractivity contribution >= 4 is 11.8 Å². The Morgan fingerprint density at radius 3 is 2.26 bits per heavy atom. The minimum Gasteiger partial charge on any atom is -0.373 e. The normalized spacial score (nSPS) is 22.9. The summed E-state index contributed by atoms with van der Waals surface area (Å²) in [6.45, 7) is 4.26. The molecule has 2 amide bonds. The molecule has 1 aliphatic heterocycles. The molecule has 1 aromatic carbocycles. The maximum Gasteiger partial charge on any atom is 0.426 e. The molecule has 8 heteroatoms. The number of halogens is 3. The number of hydrogen-bond acceptors (Lipinski definition) is 3. The van der Waals surface area contributed by atoms with Crippen LogP contribution in [0.5, 0.6) is 0 Å². The van der Waals surface area contributed by atoms with E-state index in [4.69, 9.17) is 0 Å². The molecule has 27 heavy (non-hydrogen) atoms. The number of rotatable bonds is 3. The van der Waals surface area contributed by atoms with Gasteiger partial charge in [-0.05, 0) is 38.3 Å². The van der Waals surface area contributed by atoms with Gasteiger partial charge in [0.1, 0.15) is 0 Å². The van der Waals surface area contributed by atoms with E-state index in [1.54, 1.807) is 31.0 Å². The summed E-state index contributed by atoms with van der Waals surface area (Å²) >= 11 is 0. The van der Waals surface area contributed by atoms with Crippen LogP contribution in [-0.2, 0) is 4.79 Å². The summed E-state index contributed by atoms with van der Waals surface area (Å²) in [6.07, 6.45) is -4.70. The summed E-state index contributed by atoms with van der Waals surface area (Å²) in [6, 6.07) is 6.94. The monoisotopic (exact) mass is 386 g/mol. The molecule has 1 N–H and O–H groups in total. The molecule has 3 atom stereocenters. The number of piperidine rings is 1. The molecule has 1 saturated heterocycles. The van der Waals surface area contributed by atoms with Crippen LogP contribution in [-0.4, -0.2) is 64.7 Å². The van der Waals surface area contributed by atoms with E-state index in [1.807, 2.05) is 19.1 Å². The van der Waals surface area contributed by atoms with Crippen LogP contribution in [0.15, 0.2) is 24.3 Å². The lowest BCUT2D eigenvalue weighted by Crippen LogP contribution is -2.60. The SMILES string of the molecule is Cc1ccc(C(=O)N(C)[C@@H]2CCN(C(=O)C(C)(O)C(F)(F)F)C[C@@H]2C)cc1. The first-order valence-electron chi connectivity index (χ1n) is 8.78. The number of alkyl halides is 3. The summed E-state index contributed by atoms with van der Waals surface area (Å²) in [5.41, 5.74) is -1.84. The van der Waals surface area contributed by atoms with Crippen molar-refractivity contribution in [3.05, 3.63) is 35.4 Å². The highest BCUT2D eigenvalue weighted by Crippen LogP contribution is 2.33. The van der Waals surface area contributed by atoms with Crippen LogP contribution in [0, 0.1) is 12.8 Å². The van der Waals surface area contributed by atoms with Gasteiger partial charge in [-0.2, -0.15) is 13.2 Å². The minimum absolute atomic E-state index is 0.0429. The maximum absolute atomic E-state index is 12.9. The van der Waals surface area contributed by atoms with Gasteiger partial charge in [0, 0.05) is 31.7 Å². The van der Waals surface area contributed by atoms with Crippen molar-refractivity contribution in [3.8, 4) is 0 Å². The number of hydrogen-bond donors (Lipinski definition) is 1. The summed E-state index contributed by atoms with van der Waals surface area (Å²) < 4.78 is 38.7. The van der Waals surface area contributed by atoms with Crippen molar-refractivity contribution in [2.75, 3.05) is 20.1 Å². The van der Waals surface area contributed by atoms with Gasteiger partial charge in [-0.3, -0.25) is 9.59 Å². The Balaban J connectivity index is 2.07. The molecule has 0 spiro atoms. The van der Waals surface area contributed by atoms with Gasteiger partial charge in [0.05, 0.1) is 0 Å². The van der Waals surface area contributed by atoms with E-state index in [0.29, 0.717) is 18.9 Å². The smallest absolute Gasteiger partial charge is 0.373 e. The number of nitrogens with zero attached hydrogens (tertiary/aromatic N) is 2. The zero-order chi connectivity index (χ0) is 20.6. The predicted molar refractivity (Wildman–Crippen MR) is 94.1 cm³/mol. The molecule has 1 unspecified atom stereocenters. The lowest BCUT2D eigenvalue weighted by Gasteiger charge is -2.43. The Hall–Kier alpha value is -2.09. The lowest BCUT2D eigenvalue weighted by molar-refractivity contribution is -0.251. The first kappa shape index (κ1) is 21.2. The fourth-order valence-electron chi connectivity index (χ4n) is 3.37. The quantitative estimate of drug-likeness (QED) is 0.869. The van der Waals surface area contributed by atoms with E-state index in [1.165, 1.54) is 0 Å². The van der Waals surface area contributed by atoms with Crippen molar-refractivity contribution < 1.29 is 27.9 Å². The first-order valence-corrected chi connectivity index (χ1v) is 8.78. The van der Waals surface area contributed by atoms with Crippen molar-refractivity contribution in [1.29, 1.82) is 0 Å². The summed E-state index contributed by atoms with van der Waals surface area (Å²) in [4.78, 5) is 27.4. The largest absolute Gasteiger partial charge is 0.426 e. The van der Waals surface area contributed by atoms with Gasteiger partial charge < -0.3 is 14.9 Å². The number of carbonyl (C=O) groups excluding carboxylic acids is 2. The highest BCUT2D eigenvalue weighted by Gasteiger charge is 2.57. The van der Waals surface area contributed by atoms with E-state index >= 15 is 0 Å². The fourth-order valence-corrected chi connectivity index (χ4v) is 3.37. The van der Waals surface area contributed by atoms with E-state index < -0.39 is 17.7 Å². The molecule has 0 bridgehead atoms. The maximum atomic E-state index is 12.9. The van der Waals surface area contributed by atoms with Crippen LogP contribution in [0.2, 0.25) is 0 Å². The summed E-state index contributed by atoms with van der Waals surface area (Å²) in [7, 11) is 1.66. The average molecular weight is 386 g/mol. The van der Waals surface area contributed by atoms with Gasteiger partial charge in [0.2, 0.25) is 5.60 Å². The molecule has 0 aliphatic carbocycles. The second kappa shape index (κ2) is 7.50. The Morgan fingerprint density at radius 2 is 1.78 bits per heavy atom. The van der Waals surface area contributed by atoms with Gasteiger partial charge in [0.25, 0.3) is 11.8 Å². The molecule has 150 valence electrons. The third kappa shape index (κ3) is 4.26. The van der Waals surface area contributed by atoms with E-state index in [0.717, 1.165) is 10.5 Å². The van der Waals surface area contributed by atoms with E-state index in [9.17, 15) is 27.9 Å². The van der Waals surface area contributed by atoms with Gasteiger partial charge in [-0.25, -0.2) is 0 Å². The van der Waals surface area contributed by atoms with Crippen LogP contribution < -0.4 is 0 Å². The van der Waals surface area contributed by atoms with Crippen LogP contribution in [0.1, 0.15) is 36.2 Å². The molecular formula is C19H25F3N2O3. The van der Waals surface area contributed by atoms with Crippen LogP contribution in [0.4, 0.5) is 13.2 Å². The first-order chi connectivity index (χ1) is 12.4. The third-order valence-electron chi connectivity index (χ3n) is 5.23. The molecule has 2 rings (SSSR count). The van der Waals surface area contributed by atoms with Crippen molar-refractivity contribution in [2.24, 2.45) is 5.92 Å². The minimum atomic E-state index is -5.04. The Morgan fingerprint density at radius 1 is 1.22 bits per heavy atom. The van der Waals surface area contributed by atoms with Gasteiger partial charge >= 0.3 is 6.18 Å². The summed E-state index contributed by atoms with van der Waals surface area (Å²) in [5, 5.41) is 9.61. The molecule has 5 nitrogen and oxygen atoms in total. The molecule has 1 heterocycles. The number of benzene rings is 1. The van der Waals surface area contributed by atoms with Crippen LogP contribution >= 0.6 is 0 Å². The van der Waals surface area contributed by atoms with E-state index in [2.05, 4.69) is 0 Å². The molecule has 1 fully saturated rings. The van der Waals surface area contributed by atoms with Gasteiger partial charge in [0.15, 0.2) is 0 Å². The average Bonchev–Trinajstić information content (AvgIpc) is 2.59. The lowest BCUT2D eigenvalue weighted by atomic mass is 9.90. The molecule has 0 radical (unpaired) electrons. The van der Waals surface area contributed by atoms with Crippen molar-refractivity contribution in [2.45, 2.75) is 45.0 Å². The Bertz CT molecular complexity index is 701. The number of aliphatic hydroxyl groups is 1. The zero-order valence-corrected chi connectivity index (χ0v) is 15.9. The third-order valence-corrected chi connectivity index (χ3v) is 5.23. The van der Waals surface area contributed by atoms with Gasteiger partial charge in [-0.1, -0.05) is 24.6 Å². The standard InChI is InChI=1S/C19H25F3N2O3/c1-12-5-7-14(8-6-12)16(25)23(4)15-9-10-24(11-13(15)2)17(26)18(3,27)19(20,21)22/h5-8,13,15,27H,9-11H2,1-4H3/t13-,15+,18?/m0/s1. The van der Waals surface area contributed by atoms with E-state index in [-0.39, 0.29) is 31.0 Å². The second-order valence-corrected chi connectivity index (χ2v) is 7.44. The van der Waals surface area contributed by atoms with Crippen molar-refractivity contribution in [1.82, 2.24) is 9.80 Å². The number of amides is 2. The van der Waals surface area contributed by atoms with Crippen LogP contribution in [0.25, 0.3) is 0 Å². The van der Waals surface area contributed by atoms with Crippen LogP contribution in [0.3, 0.4) is 0 Å². The Labute approximate surface area is 156 Å². The topological polar surface area (TPSA) is 60.9 Å². The molecule has 1 aromatic rings. The zero-order valence-electron chi connectivity index (χ0n) is 15.9. The van der Waals surface area contributed by atoms with Gasteiger partial charge in [-0.15, -0.1) is 0 Å². The Kier molecular flexibility index (Phi) is 5.89. The molecule has 1 aliphatic rings. The molecule has 0 aromatic heterocycles. The predicted octanol–water partition coefficient (Wildman–Crippen LogP) is 2.62. The highest BCUT2D eigenvalue weighted by atomic mass is 19.4. The second-order valence-electron chi connectivity index (χ2n) is 7.44. The highest BCUT2D eigenvalue weighted by molar-refractivity contribution is 5.94. The molecule has 0 saturated carbocycles. The number of likely N-dealkylation sites (tertiary alicyclic amines) is 1. The fraction of sp³-hybridized carbons (Fsp3) is 0.579. The summed E-state index contributed by atoms with van der Waals surface area (Å²) in [5.74, 6) is -1.76.